The molecule has 0 atom stereocenters. The highest BCUT2D eigenvalue weighted by Gasteiger charge is 2.15. The minimum absolute atomic E-state index is 0.822. The largest absolute Gasteiger partial charge is 0.311 e. The van der Waals surface area contributed by atoms with Crippen molar-refractivity contribution in [1.82, 2.24) is 30.1 Å². The van der Waals surface area contributed by atoms with Gasteiger partial charge in [0.2, 0.25) is 0 Å². The molecule has 1 aromatic heterocycles. The predicted octanol–water partition coefficient (Wildman–Crippen LogP) is 0.415. The van der Waals surface area contributed by atoms with Crippen LogP contribution in [0, 0.1) is 0 Å². The molecule has 0 saturated carbocycles. The van der Waals surface area contributed by atoms with Gasteiger partial charge in [-0.2, -0.15) is 0 Å². The molecule has 1 fully saturated rings. The van der Waals surface area contributed by atoms with Gasteiger partial charge in [-0.15, -0.1) is 5.10 Å². The van der Waals surface area contributed by atoms with E-state index in [1.807, 2.05) is 4.68 Å². The minimum atomic E-state index is 0.822. The van der Waals surface area contributed by atoms with Crippen molar-refractivity contribution < 1.29 is 0 Å². The summed E-state index contributed by atoms with van der Waals surface area (Å²) < 4.78 is 1.97. The van der Waals surface area contributed by atoms with Crippen molar-refractivity contribution in [3.63, 3.8) is 0 Å². The van der Waals surface area contributed by atoms with Gasteiger partial charge in [-0.25, -0.2) is 0 Å². The van der Waals surface area contributed by atoms with Crippen LogP contribution in [0.1, 0.15) is 26.0 Å². The molecule has 0 amide bonds. The summed E-state index contributed by atoms with van der Waals surface area (Å²) in [6.45, 7) is 14.2. The van der Waals surface area contributed by atoms with Gasteiger partial charge in [0.1, 0.15) is 0 Å². The van der Waals surface area contributed by atoms with Crippen molar-refractivity contribution in [2.45, 2.75) is 33.4 Å². The Morgan fingerprint density at radius 2 is 1.85 bits per heavy atom. The molecule has 1 aliphatic rings. The van der Waals surface area contributed by atoms with Crippen LogP contribution in [-0.4, -0.2) is 70.6 Å². The average molecular weight is 280 g/mol. The van der Waals surface area contributed by atoms with Gasteiger partial charge in [-0.3, -0.25) is 9.58 Å². The van der Waals surface area contributed by atoms with Gasteiger partial charge >= 0.3 is 0 Å². The van der Waals surface area contributed by atoms with Gasteiger partial charge in [0.25, 0.3) is 0 Å². The van der Waals surface area contributed by atoms with E-state index in [1.54, 1.807) is 0 Å². The molecule has 1 saturated heterocycles. The number of aromatic nitrogens is 3. The van der Waals surface area contributed by atoms with E-state index in [0.29, 0.717) is 0 Å². The monoisotopic (exact) mass is 280 g/mol. The van der Waals surface area contributed by atoms with E-state index in [2.05, 4.69) is 45.5 Å². The fourth-order valence-corrected chi connectivity index (χ4v) is 2.50. The number of hydrogen-bond donors (Lipinski definition) is 1. The number of likely N-dealkylation sites (N-methyl/N-ethyl adjacent to an activating group) is 1. The fourth-order valence-electron chi connectivity index (χ4n) is 2.50. The second kappa shape index (κ2) is 8.34. The van der Waals surface area contributed by atoms with Crippen molar-refractivity contribution >= 4 is 0 Å². The molecule has 0 radical (unpaired) electrons. The van der Waals surface area contributed by atoms with Crippen LogP contribution in [0.4, 0.5) is 0 Å². The summed E-state index contributed by atoms with van der Waals surface area (Å²) >= 11 is 0. The van der Waals surface area contributed by atoms with Gasteiger partial charge in [0.05, 0.1) is 12.2 Å². The van der Waals surface area contributed by atoms with E-state index in [0.717, 1.165) is 38.3 Å². The minimum Gasteiger partial charge on any atom is -0.311 e. The third-order valence-electron chi connectivity index (χ3n) is 3.88. The fraction of sp³-hybridized carbons (Fsp3) is 0.857. The van der Waals surface area contributed by atoms with Crippen molar-refractivity contribution in [3.05, 3.63) is 11.9 Å². The van der Waals surface area contributed by atoms with Crippen molar-refractivity contribution in [2.24, 2.45) is 0 Å². The lowest BCUT2D eigenvalue weighted by Crippen LogP contribution is -2.46. The van der Waals surface area contributed by atoms with Gasteiger partial charge in [-0.1, -0.05) is 19.1 Å². The smallest absolute Gasteiger partial charge is 0.0964 e. The maximum absolute atomic E-state index is 4.20. The van der Waals surface area contributed by atoms with E-state index in [4.69, 9.17) is 0 Å². The lowest BCUT2D eigenvalue weighted by atomic mass is 10.3. The molecule has 1 aliphatic heterocycles. The molecule has 0 aliphatic carbocycles. The van der Waals surface area contributed by atoms with E-state index >= 15 is 0 Å². The number of hydrogen-bond acceptors (Lipinski definition) is 5. The molecule has 0 spiro atoms. The van der Waals surface area contributed by atoms with Crippen LogP contribution >= 0.6 is 0 Å². The Morgan fingerprint density at radius 1 is 1.10 bits per heavy atom. The Hall–Kier alpha value is -0.980. The molecule has 114 valence electrons. The highest BCUT2D eigenvalue weighted by molar-refractivity contribution is 4.91. The van der Waals surface area contributed by atoms with Crippen LogP contribution in [0.25, 0.3) is 0 Å². The zero-order chi connectivity index (χ0) is 14.2. The van der Waals surface area contributed by atoms with Crippen LogP contribution in [0.15, 0.2) is 6.20 Å². The number of piperazine rings is 1. The Bertz CT molecular complexity index is 369. The first-order valence-corrected chi connectivity index (χ1v) is 7.86. The molecule has 2 rings (SSSR count). The summed E-state index contributed by atoms with van der Waals surface area (Å²) in [6.07, 6.45) is 3.21. The van der Waals surface area contributed by atoms with E-state index in [-0.39, 0.29) is 0 Å². The Balaban J connectivity index is 1.66. The number of rotatable bonds is 8. The van der Waals surface area contributed by atoms with Crippen LogP contribution < -0.4 is 5.32 Å². The quantitative estimate of drug-likeness (QED) is 0.699. The zero-order valence-electron chi connectivity index (χ0n) is 12.9. The highest BCUT2D eigenvalue weighted by atomic mass is 15.4. The third kappa shape index (κ3) is 4.85. The molecule has 0 aromatic carbocycles. The maximum atomic E-state index is 4.20. The van der Waals surface area contributed by atoms with Crippen molar-refractivity contribution in [1.29, 1.82) is 0 Å². The molecule has 2 heterocycles. The summed E-state index contributed by atoms with van der Waals surface area (Å²) in [6, 6.07) is 0. The summed E-state index contributed by atoms with van der Waals surface area (Å²) in [5.41, 5.74) is 1.04. The molecule has 6 nitrogen and oxygen atoms in total. The van der Waals surface area contributed by atoms with Crippen LogP contribution in [0.2, 0.25) is 0 Å². The first-order chi connectivity index (χ1) is 9.81. The Morgan fingerprint density at radius 3 is 2.55 bits per heavy atom. The van der Waals surface area contributed by atoms with Crippen LogP contribution in [0.5, 0.6) is 0 Å². The average Bonchev–Trinajstić information content (AvgIpc) is 2.94. The summed E-state index contributed by atoms with van der Waals surface area (Å²) in [5.74, 6) is 0. The van der Waals surface area contributed by atoms with Crippen LogP contribution in [0.3, 0.4) is 0 Å². The Kier molecular flexibility index (Phi) is 6.42. The van der Waals surface area contributed by atoms with Crippen molar-refractivity contribution in [2.75, 3.05) is 45.8 Å². The van der Waals surface area contributed by atoms with Crippen molar-refractivity contribution in [3.8, 4) is 0 Å². The molecule has 0 bridgehead atoms. The maximum Gasteiger partial charge on any atom is 0.0964 e. The van der Waals surface area contributed by atoms with E-state index < -0.39 is 0 Å². The summed E-state index contributed by atoms with van der Waals surface area (Å²) in [7, 11) is 0. The summed E-state index contributed by atoms with van der Waals surface area (Å²) in [4.78, 5) is 5.02. The lowest BCUT2D eigenvalue weighted by molar-refractivity contribution is 0.132. The second-order valence-electron chi connectivity index (χ2n) is 5.43. The van der Waals surface area contributed by atoms with E-state index in [1.165, 1.54) is 32.7 Å². The summed E-state index contributed by atoms with van der Waals surface area (Å²) in [5, 5.41) is 11.8. The standard InChI is InChI=1S/C14H28N6/c1-3-5-15-12-14-13-20(17-16-14)11-10-19-8-6-18(4-2)7-9-19/h13,15H,3-12H2,1-2H3. The lowest BCUT2D eigenvalue weighted by Gasteiger charge is -2.33. The highest BCUT2D eigenvalue weighted by Crippen LogP contribution is 2.01. The number of nitrogens with one attached hydrogen (secondary N) is 1. The SMILES string of the molecule is CCCNCc1cn(CCN2CCN(CC)CC2)nn1. The molecule has 6 heteroatoms. The predicted molar refractivity (Wildman–Crippen MR) is 80.6 cm³/mol. The molecule has 20 heavy (non-hydrogen) atoms. The normalized spacial score (nSPS) is 17.7. The van der Waals surface area contributed by atoms with Gasteiger partial charge in [0, 0.05) is 45.5 Å². The molecule has 1 aromatic rings. The molecular formula is C14H28N6. The van der Waals surface area contributed by atoms with E-state index in [9.17, 15) is 0 Å². The molecular weight excluding hydrogens is 252 g/mol. The topological polar surface area (TPSA) is 49.2 Å². The number of nitrogens with zero attached hydrogens (tertiary/aromatic N) is 5. The first-order valence-electron chi connectivity index (χ1n) is 7.86. The zero-order valence-corrected chi connectivity index (χ0v) is 12.9. The molecule has 1 N–H and O–H groups in total. The van der Waals surface area contributed by atoms with Gasteiger partial charge in [-0.05, 0) is 19.5 Å². The third-order valence-corrected chi connectivity index (χ3v) is 3.88. The molecule has 0 unspecified atom stereocenters. The second-order valence-corrected chi connectivity index (χ2v) is 5.43. The van der Waals surface area contributed by atoms with Crippen LogP contribution in [-0.2, 0) is 13.1 Å². The van der Waals surface area contributed by atoms with Gasteiger partial charge < -0.3 is 10.2 Å². The Labute approximate surface area is 122 Å². The first kappa shape index (κ1) is 15.4. The van der Waals surface area contributed by atoms with Gasteiger partial charge in [0.15, 0.2) is 0 Å².